The molecule has 0 fully saturated rings. The lowest BCUT2D eigenvalue weighted by atomic mass is 10.3. The van der Waals surface area contributed by atoms with Gasteiger partial charge in [0.15, 0.2) is 0 Å². The summed E-state index contributed by atoms with van der Waals surface area (Å²) in [5.41, 5.74) is -0.202. The fourth-order valence-corrected chi connectivity index (χ4v) is 3.00. The molecule has 0 saturated heterocycles. The Bertz CT molecular complexity index is 257. The minimum atomic E-state index is -3.34. The van der Waals surface area contributed by atoms with Crippen LogP contribution in [0.3, 0.4) is 0 Å². The molecule has 4 nitrogen and oxygen atoms in total. The van der Waals surface area contributed by atoms with Gasteiger partial charge in [-0.05, 0) is 5.92 Å². The van der Waals surface area contributed by atoms with E-state index in [1.54, 1.807) is 0 Å². The third-order valence-electron chi connectivity index (χ3n) is 1.39. The van der Waals surface area contributed by atoms with E-state index >= 15 is 0 Å². The van der Waals surface area contributed by atoms with E-state index in [0.717, 1.165) is 0 Å². The van der Waals surface area contributed by atoms with Crippen LogP contribution in [-0.2, 0) is 9.36 Å². The predicted octanol–water partition coefficient (Wildman–Crippen LogP) is 1.55. The van der Waals surface area contributed by atoms with Gasteiger partial charge in [0.2, 0.25) is 7.37 Å². The summed E-state index contributed by atoms with van der Waals surface area (Å²) >= 11 is 0. The third-order valence-corrected chi connectivity index (χ3v) is 3.57. The molecule has 0 bridgehead atoms. The van der Waals surface area contributed by atoms with Gasteiger partial charge in [-0.15, -0.1) is 0 Å². The normalized spacial score (nSPS) is 15.4. The first-order valence-corrected chi connectivity index (χ1v) is 5.99. The molecule has 0 aromatic rings. The van der Waals surface area contributed by atoms with Crippen molar-refractivity contribution < 1.29 is 19.4 Å². The van der Waals surface area contributed by atoms with E-state index in [0.29, 0.717) is 0 Å². The van der Waals surface area contributed by atoms with Crippen LogP contribution in [-0.4, -0.2) is 28.3 Å². The Hall–Kier alpha value is -0.600. The fourth-order valence-electron chi connectivity index (χ4n) is 1.00. The predicted molar refractivity (Wildman–Crippen MR) is 51.2 cm³/mol. The number of rotatable bonds is 5. The van der Waals surface area contributed by atoms with Crippen molar-refractivity contribution in [2.75, 3.05) is 12.3 Å². The molecule has 0 aromatic carbocycles. The number of hydrogen-bond acceptors (Lipinski definition) is 2. The zero-order valence-electron chi connectivity index (χ0n) is 7.86. The third kappa shape index (κ3) is 5.61. The number of aliphatic carboxylic acids is 1. The summed E-state index contributed by atoms with van der Waals surface area (Å²) in [5, 5.41) is 8.45. The first-order chi connectivity index (χ1) is 5.74. The van der Waals surface area contributed by atoms with Gasteiger partial charge in [0.25, 0.3) is 0 Å². The Labute approximate surface area is 77.7 Å². The lowest BCUT2D eigenvalue weighted by Crippen LogP contribution is -2.08. The molecule has 1 atom stereocenters. The first-order valence-electron chi connectivity index (χ1n) is 3.96. The number of hydrogen-bond donors (Lipinski definition) is 2. The zero-order valence-corrected chi connectivity index (χ0v) is 8.75. The Morgan fingerprint density at radius 2 is 2.00 bits per heavy atom. The monoisotopic (exact) mass is 206 g/mol. The summed E-state index contributed by atoms with van der Waals surface area (Å²) in [5.74, 6) is -1.13. The molecule has 0 aromatic heterocycles. The van der Waals surface area contributed by atoms with Gasteiger partial charge in [0.05, 0.1) is 6.16 Å². The van der Waals surface area contributed by atoms with Crippen LogP contribution in [0.15, 0.2) is 12.2 Å². The van der Waals surface area contributed by atoms with E-state index in [4.69, 9.17) is 5.11 Å². The molecule has 76 valence electrons. The number of carboxylic acids is 1. The maximum absolute atomic E-state index is 11.4. The van der Waals surface area contributed by atoms with E-state index < -0.39 is 13.3 Å². The summed E-state index contributed by atoms with van der Waals surface area (Å²) < 4.78 is 11.4. The second-order valence-electron chi connectivity index (χ2n) is 3.49. The van der Waals surface area contributed by atoms with Crippen molar-refractivity contribution in [2.24, 2.45) is 5.92 Å². The molecule has 0 spiro atoms. The minimum Gasteiger partial charge on any atom is -0.478 e. The Balaban J connectivity index is 4.26. The highest BCUT2D eigenvalue weighted by atomic mass is 31.2. The van der Waals surface area contributed by atoms with Crippen LogP contribution in [0, 0.1) is 5.92 Å². The smallest absolute Gasteiger partial charge is 0.331 e. The van der Waals surface area contributed by atoms with E-state index in [1.807, 2.05) is 13.8 Å². The first kappa shape index (κ1) is 12.4. The van der Waals surface area contributed by atoms with E-state index in [2.05, 4.69) is 6.58 Å². The summed E-state index contributed by atoms with van der Waals surface area (Å²) in [7, 11) is -3.34. The molecule has 0 saturated carbocycles. The Morgan fingerprint density at radius 3 is 2.31 bits per heavy atom. The van der Waals surface area contributed by atoms with Crippen LogP contribution in [0.2, 0.25) is 0 Å². The highest BCUT2D eigenvalue weighted by Crippen LogP contribution is 2.43. The Morgan fingerprint density at radius 1 is 1.54 bits per heavy atom. The number of carboxylic acid groups (broad SMARTS) is 1. The molecule has 0 aliphatic heterocycles. The molecule has 1 unspecified atom stereocenters. The van der Waals surface area contributed by atoms with Crippen molar-refractivity contribution in [3.8, 4) is 0 Å². The summed E-state index contributed by atoms with van der Waals surface area (Å²) in [6.07, 6.45) is -0.181. The van der Waals surface area contributed by atoms with Crippen LogP contribution < -0.4 is 0 Å². The van der Waals surface area contributed by atoms with Gasteiger partial charge in [-0.2, -0.15) is 0 Å². The van der Waals surface area contributed by atoms with Crippen LogP contribution >= 0.6 is 7.37 Å². The molecule has 0 radical (unpaired) electrons. The molecule has 0 aliphatic carbocycles. The second kappa shape index (κ2) is 4.58. The van der Waals surface area contributed by atoms with E-state index in [9.17, 15) is 14.3 Å². The average molecular weight is 206 g/mol. The zero-order chi connectivity index (χ0) is 10.6. The quantitative estimate of drug-likeness (QED) is 0.528. The molecule has 5 heteroatoms. The molecule has 0 amide bonds. The van der Waals surface area contributed by atoms with Crippen LogP contribution in [0.25, 0.3) is 0 Å². The van der Waals surface area contributed by atoms with Crippen molar-refractivity contribution in [1.29, 1.82) is 0 Å². The maximum atomic E-state index is 11.4. The van der Waals surface area contributed by atoms with Crippen LogP contribution in [0.4, 0.5) is 0 Å². The van der Waals surface area contributed by atoms with Crippen molar-refractivity contribution in [2.45, 2.75) is 13.8 Å². The highest BCUT2D eigenvalue weighted by molar-refractivity contribution is 7.58. The van der Waals surface area contributed by atoms with Gasteiger partial charge >= 0.3 is 5.97 Å². The molecule has 0 rings (SSSR count). The molecule has 2 N–H and O–H groups in total. The van der Waals surface area contributed by atoms with Crippen molar-refractivity contribution in [1.82, 2.24) is 0 Å². The van der Waals surface area contributed by atoms with Gasteiger partial charge in [0.1, 0.15) is 0 Å². The largest absolute Gasteiger partial charge is 0.478 e. The maximum Gasteiger partial charge on any atom is 0.331 e. The van der Waals surface area contributed by atoms with Gasteiger partial charge in [-0.25, -0.2) is 4.79 Å². The summed E-state index contributed by atoms with van der Waals surface area (Å²) in [6.45, 7) is 6.84. The molecule has 13 heavy (non-hydrogen) atoms. The summed E-state index contributed by atoms with van der Waals surface area (Å²) in [4.78, 5) is 19.7. The van der Waals surface area contributed by atoms with E-state index in [-0.39, 0.29) is 23.8 Å². The topological polar surface area (TPSA) is 74.6 Å². The van der Waals surface area contributed by atoms with Crippen molar-refractivity contribution in [3.05, 3.63) is 12.2 Å². The van der Waals surface area contributed by atoms with Crippen LogP contribution in [0.1, 0.15) is 13.8 Å². The average Bonchev–Trinajstić information content (AvgIpc) is 1.81. The molecule has 0 aliphatic rings. The van der Waals surface area contributed by atoms with Gasteiger partial charge in [-0.1, -0.05) is 20.4 Å². The fraction of sp³-hybridized carbons (Fsp3) is 0.625. The minimum absolute atomic E-state index is 0.0810. The standard InChI is InChI=1S/C8H15O4P/c1-6(2)4-13(11,12)5-7(3)8(9)10/h6H,3-5H2,1-2H3,(H,9,10)(H,11,12). The lowest BCUT2D eigenvalue weighted by molar-refractivity contribution is -0.132. The van der Waals surface area contributed by atoms with Gasteiger partial charge in [-0.3, -0.25) is 4.57 Å². The second-order valence-corrected chi connectivity index (χ2v) is 5.86. The molecule has 0 heterocycles. The number of carbonyl (C=O) groups is 1. The van der Waals surface area contributed by atoms with Gasteiger partial charge < -0.3 is 10.00 Å². The van der Waals surface area contributed by atoms with Crippen molar-refractivity contribution >= 4 is 13.3 Å². The molecular formula is C8H15O4P. The summed E-state index contributed by atoms with van der Waals surface area (Å²) in [6, 6.07) is 0. The van der Waals surface area contributed by atoms with Crippen LogP contribution in [0.5, 0.6) is 0 Å². The molecular weight excluding hydrogens is 191 g/mol. The Kier molecular flexibility index (Phi) is 4.37. The SMILES string of the molecule is C=C(CP(=O)(O)CC(C)C)C(=O)O. The van der Waals surface area contributed by atoms with Gasteiger partial charge in [0, 0.05) is 11.7 Å². The van der Waals surface area contributed by atoms with E-state index in [1.165, 1.54) is 0 Å². The highest BCUT2D eigenvalue weighted by Gasteiger charge is 2.23. The lowest BCUT2D eigenvalue weighted by Gasteiger charge is -2.13. The van der Waals surface area contributed by atoms with Crippen molar-refractivity contribution in [3.63, 3.8) is 0 Å².